The van der Waals surface area contributed by atoms with Crippen LogP contribution in [-0.2, 0) is 17.9 Å². The zero-order chi connectivity index (χ0) is 17.8. The van der Waals surface area contributed by atoms with Crippen molar-refractivity contribution in [2.75, 3.05) is 0 Å². The van der Waals surface area contributed by atoms with E-state index in [2.05, 4.69) is 5.32 Å². The first-order valence-corrected chi connectivity index (χ1v) is 8.81. The van der Waals surface area contributed by atoms with Gasteiger partial charge >= 0.3 is 0 Å². The topological polar surface area (TPSA) is 62.6 Å². The van der Waals surface area contributed by atoms with E-state index in [9.17, 15) is 9.59 Å². The van der Waals surface area contributed by atoms with Crippen molar-refractivity contribution in [3.8, 4) is 0 Å². The lowest BCUT2D eigenvalue weighted by atomic mass is 10.1. The van der Waals surface area contributed by atoms with E-state index in [1.54, 1.807) is 36.3 Å². The predicted octanol–water partition coefficient (Wildman–Crippen LogP) is 3.33. The second-order valence-corrected chi connectivity index (χ2v) is 6.99. The molecule has 1 saturated carbocycles. The number of nitrogens with zero attached hydrogens (tertiary/aromatic N) is 1. The summed E-state index contributed by atoms with van der Waals surface area (Å²) in [5.41, 5.74) is 1.56. The third kappa shape index (κ3) is 4.86. The molecular formula is C19H21ClN2O3. The number of carbonyl (C=O) groups is 2. The lowest BCUT2D eigenvalue weighted by Gasteiger charge is -2.23. The van der Waals surface area contributed by atoms with E-state index in [0.29, 0.717) is 30.5 Å². The summed E-state index contributed by atoms with van der Waals surface area (Å²) in [7, 11) is 0. The molecule has 2 aromatic rings. The number of halogens is 1. The molecule has 0 bridgehead atoms. The Morgan fingerprint density at radius 3 is 2.52 bits per heavy atom. The molecule has 132 valence electrons. The summed E-state index contributed by atoms with van der Waals surface area (Å²) in [6, 6.07) is 11.2. The van der Waals surface area contributed by atoms with Gasteiger partial charge in [-0.25, -0.2) is 0 Å². The normalized spacial score (nSPS) is 14.8. The molecule has 1 fully saturated rings. The van der Waals surface area contributed by atoms with Crippen LogP contribution < -0.4 is 5.32 Å². The summed E-state index contributed by atoms with van der Waals surface area (Å²) in [6.07, 6.45) is 3.70. The molecule has 0 aliphatic heterocycles. The second kappa shape index (κ2) is 7.74. The average molecular weight is 361 g/mol. The second-order valence-electron chi connectivity index (χ2n) is 6.33. The fourth-order valence-corrected chi connectivity index (χ4v) is 2.67. The van der Waals surface area contributed by atoms with Gasteiger partial charge in [0.05, 0.1) is 12.8 Å². The summed E-state index contributed by atoms with van der Waals surface area (Å²) in [5, 5.41) is 2.35. The Kier molecular flexibility index (Phi) is 5.43. The molecule has 0 saturated heterocycles. The van der Waals surface area contributed by atoms with Gasteiger partial charge in [0.1, 0.15) is 11.1 Å². The zero-order valence-corrected chi connectivity index (χ0v) is 14.8. The maximum atomic E-state index is 12.4. The molecule has 1 aromatic carbocycles. The molecule has 6 heteroatoms. The Bertz CT molecular complexity index is 722. The molecule has 1 aliphatic rings. The van der Waals surface area contributed by atoms with Crippen LogP contribution in [0, 0.1) is 0 Å². The molecule has 5 nitrogen and oxygen atoms in total. The molecule has 1 aromatic heterocycles. The van der Waals surface area contributed by atoms with Crippen molar-refractivity contribution in [3.63, 3.8) is 0 Å². The highest BCUT2D eigenvalue weighted by molar-refractivity contribution is 6.30. The van der Waals surface area contributed by atoms with Crippen LogP contribution in [0.4, 0.5) is 0 Å². The van der Waals surface area contributed by atoms with Crippen molar-refractivity contribution in [2.45, 2.75) is 44.3 Å². The maximum Gasteiger partial charge on any atom is 0.251 e. The number of alkyl halides is 1. The van der Waals surface area contributed by atoms with Crippen LogP contribution in [0.15, 0.2) is 47.1 Å². The lowest BCUT2D eigenvalue weighted by molar-refractivity contribution is -0.132. The SMILES string of the molecule is CC(Cl)C(=O)N(Cc1ccc(C(=O)NC2CC2)cc1)Cc1ccco1. The Morgan fingerprint density at radius 2 is 1.96 bits per heavy atom. The summed E-state index contributed by atoms with van der Waals surface area (Å²) >= 11 is 5.98. The van der Waals surface area contributed by atoms with Gasteiger partial charge in [0.2, 0.25) is 5.91 Å². The fourth-order valence-electron chi connectivity index (χ4n) is 2.53. The monoisotopic (exact) mass is 360 g/mol. The van der Waals surface area contributed by atoms with E-state index in [1.165, 1.54) is 0 Å². The van der Waals surface area contributed by atoms with Crippen LogP contribution >= 0.6 is 11.6 Å². The summed E-state index contributed by atoms with van der Waals surface area (Å²) < 4.78 is 5.34. The Labute approximate surface area is 151 Å². The first kappa shape index (κ1) is 17.5. The molecule has 1 atom stereocenters. The molecule has 0 radical (unpaired) electrons. The maximum absolute atomic E-state index is 12.4. The highest BCUT2D eigenvalue weighted by Crippen LogP contribution is 2.20. The van der Waals surface area contributed by atoms with Crippen molar-refractivity contribution in [1.82, 2.24) is 10.2 Å². The number of carbonyl (C=O) groups excluding carboxylic acids is 2. The molecule has 25 heavy (non-hydrogen) atoms. The van der Waals surface area contributed by atoms with Crippen molar-refractivity contribution in [3.05, 3.63) is 59.5 Å². The third-order valence-corrected chi connectivity index (χ3v) is 4.27. The third-order valence-electron chi connectivity index (χ3n) is 4.08. The van der Waals surface area contributed by atoms with Gasteiger partial charge in [-0.2, -0.15) is 0 Å². The van der Waals surface area contributed by atoms with Crippen LogP contribution in [-0.4, -0.2) is 28.1 Å². The number of amides is 2. The Morgan fingerprint density at radius 1 is 1.24 bits per heavy atom. The lowest BCUT2D eigenvalue weighted by Crippen LogP contribution is -2.34. The van der Waals surface area contributed by atoms with Crippen LogP contribution in [0.3, 0.4) is 0 Å². The Hall–Kier alpha value is -2.27. The van der Waals surface area contributed by atoms with E-state index in [1.807, 2.05) is 18.2 Å². The van der Waals surface area contributed by atoms with Crippen LogP contribution in [0.5, 0.6) is 0 Å². The van der Waals surface area contributed by atoms with E-state index in [0.717, 1.165) is 18.4 Å². The molecule has 1 unspecified atom stereocenters. The van der Waals surface area contributed by atoms with Gasteiger partial charge in [-0.15, -0.1) is 11.6 Å². The summed E-state index contributed by atoms with van der Waals surface area (Å²) in [6.45, 7) is 2.41. The van der Waals surface area contributed by atoms with E-state index < -0.39 is 5.38 Å². The number of rotatable bonds is 7. The van der Waals surface area contributed by atoms with Crippen molar-refractivity contribution < 1.29 is 14.0 Å². The molecule has 2 amide bonds. The molecule has 0 spiro atoms. The van der Waals surface area contributed by atoms with Crippen LogP contribution in [0.1, 0.15) is 41.4 Å². The Balaban J connectivity index is 1.67. The number of hydrogen-bond acceptors (Lipinski definition) is 3. The van der Waals surface area contributed by atoms with Crippen molar-refractivity contribution in [1.29, 1.82) is 0 Å². The summed E-state index contributed by atoms with van der Waals surface area (Å²) in [4.78, 5) is 26.0. The average Bonchev–Trinajstić information content (AvgIpc) is 3.26. The van der Waals surface area contributed by atoms with Crippen molar-refractivity contribution >= 4 is 23.4 Å². The van der Waals surface area contributed by atoms with Gasteiger partial charge in [0.15, 0.2) is 0 Å². The first-order valence-electron chi connectivity index (χ1n) is 8.38. The van der Waals surface area contributed by atoms with Gasteiger partial charge in [-0.1, -0.05) is 12.1 Å². The molecular weight excluding hydrogens is 340 g/mol. The highest BCUT2D eigenvalue weighted by atomic mass is 35.5. The van der Waals surface area contributed by atoms with E-state index in [-0.39, 0.29) is 11.8 Å². The van der Waals surface area contributed by atoms with Gasteiger partial charge in [-0.3, -0.25) is 9.59 Å². The fraction of sp³-hybridized carbons (Fsp3) is 0.368. The minimum atomic E-state index is -0.612. The zero-order valence-electron chi connectivity index (χ0n) is 14.1. The molecule has 1 heterocycles. The number of hydrogen-bond donors (Lipinski definition) is 1. The van der Waals surface area contributed by atoms with Gasteiger partial charge in [0, 0.05) is 18.2 Å². The predicted molar refractivity (Wildman–Crippen MR) is 95.2 cm³/mol. The van der Waals surface area contributed by atoms with Crippen molar-refractivity contribution in [2.24, 2.45) is 0 Å². The van der Waals surface area contributed by atoms with Crippen LogP contribution in [0.25, 0.3) is 0 Å². The quantitative estimate of drug-likeness (QED) is 0.770. The van der Waals surface area contributed by atoms with E-state index >= 15 is 0 Å². The smallest absolute Gasteiger partial charge is 0.251 e. The first-order chi connectivity index (χ1) is 12.0. The molecule has 1 N–H and O–H groups in total. The minimum Gasteiger partial charge on any atom is -0.467 e. The van der Waals surface area contributed by atoms with Crippen LogP contribution in [0.2, 0.25) is 0 Å². The highest BCUT2D eigenvalue weighted by Gasteiger charge is 2.24. The summed E-state index contributed by atoms with van der Waals surface area (Å²) in [5.74, 6) is 0.492. The van der Waals surface area contributed by atoms with Gasteiger partial charge < -0.3 is 14.6 Å². The number of benzene rings is 1. The molecule has 3 rings (SSSR count). The van der Waals surface area contributed by atoms with Gasteiger partial charge in [0.25, 0.3) is 5.91 Å². The number of nitrogens with one attached hydrogen (secondary N) is 1. The van der Waals surface area contributed by atoms with E-state index in [4.69, 9.17) is 16.0 Å². The van der Waals surface area contributed by atoms with Gasteiger partial charge in [-0.05, 0) is 49.6 Å². The number of furan rings is 1. The minimum absolute atomic E-state index is 0.0491. The standard InChI is InChI=1S/C19H21ClN2O3/c1-13(20)19(24)22(12-17-3-2-10-25-17)11-14-4-6-15(7-5-14)18(23)21-16-8-9-16/h2-7,10,13,16H,8-9,11-12H2,1H3,(H,21,23). The largest absolute Gasteiger partial charge is 0.467 e. The molecule has 1 aliphatic carbocycles.